The summed E-state index contributed by atoms with van der Waals surface area (Å²) in [4.78, 5) is 11.3. The number of hydrogen-bond acceptors (Lipinski definition) is 5. The summed E-state index contributed by atoms with van der Waals surface area (Å²) in [7, 11) is 1.37. The van der Waals surface area contributed by atoms with Crippen molar-refractivity contribution in [3.63, 3.8) is 0 Å². The van der Waals surface area contributed by atoms with Crippen LogP contribution in [0.4, 0.5) is 0 Å². The number of nitrogens with one attached hydrogen (secondary N) is 1. The van der Waals surface area contributed by atoms with Gasteiger partial charge in [0.05, 0.1) is 19.2 Å². The van der Waals surface area contributed by atoms with Gasteiger partial charge in [-0.3, -0.25) is 0 Å². The first-order valence-corrected chi connectivity index (χ1v) is 6.79. The molecule has 0 amide bonds. The van der Waals surface area contributed by atoms with E-state index in [9.17, 15) is 4.79 Å². The Morgan fingerprint density at radius 2 is 2.16 bits per heavy atom. The van der Waals surface area contributed by atoms with Gasteiger partial charge in [-0.15, -0.1) is 0 Å². The van der Waals surface area contributed by atoms with Gasteiger partial charge in [0, 0.05) is 12.1 Å². The highest BCUT2D eigenvalue weighted by atomic mass is 16.5. The van der Waals surface area contributed by atoms with E-state index >= 15 is 0 Å². The predicted octanol–water partition coefficient (Wildman–Crippen LogP) is 2.33. The first kappa shape index (κ1) is 14.1. The second-order valence-electron chi connectivity index (χ2n) is 5.16. The summed E-state index contributed by atoms with van der Waals surface area (Å²) in [5.74, 6) is 0.375. The Morgan fingerprint density at radius 3 is 2.79 bits per heavy atom. The molecular formula is C14H22N2O3. The molecule has 2 unspecified atom stereocenters. The number of esters is 1. The molecule has 2 atom stereocenters. The molecule has 2 heterocycles. The van der Waals surface area contributed by atoms with Gasteiger partial charge in [-0.1, -0.05) is 6.42 Å². The van der Waals surface area contributed by atoms with E-state index in [0.29, 0.717) is 24.2 Å². The molecule has 0 bridgehead atoms. The Kier molecular flexibility index (Phi) is 4.61. The number of hydrazine groups is 1. The first-order valence-electron chi connectivity index (χ1n) is 6.79. The molecule has 0 aromatic carbocycles. The molecule has 1 N–H and O–H groups in total. The van der Waals surface area contributed by atoms with Crippen LogP contribution < -0.4 is 5.43 Å². The van der Waals surface area contributed by atoms with Crippen LogP contribution in [0.3, 0.4) is 0 Å². The second kappa shape index (κ2) is 6.21. The smallest absolute Gasteiger partial charge is 0.341 e. The fraction of sp³-hybridized carbons (Fsp3) is 0.643. The molecule has 0 saturated carbocycles. The molecule has 1 saturated heterocycles. The fourth-order valence-electron chi connectivity index (χ4n) is 2.60. The van der Waals surface area contributed by atoms with Crippen molar-refractivity contribution < 1.29 is 13.9 Å². The zero-order valence-electron chi connectivity index (χ0n) is 11.8. The van der Waals surface area contributed by atoms with Crippen LogP contribution in [0.25, 0.3) is 0 Å². The van der Waals surface area contributed by atoms with Crippen molar-refractivity contribution in [2.75, 3.05) is 7.11 Å². The number of carbonyl (C=O) groups excluding carboxylic acids is 1. The maximum absolute atomic E-state index is 11.3. The van der Waals surface area contributed by atoms with E-state index in [2.05, 4.69) is 29.0 Å². The Morgan fingerprint density at radius 1 is 1.47 bits per heavy atom. The summed E-state index contributed by atoms with van der Waals surface area (Å²) in [5, 5.41) is 2.28. The van der Waals surface area contributed by atoms with Crippen molar-refractivity contribution in [2.24, 2.45) is 0 Å². The summed E-state index contributed by atoms with van der Waals surface area (Å²) < 4.78 is 10.0. The van der Waals surface area contributed by atoms with E-state index in [-0.39, 0.29) is 5.97 Å². The monoisotopic (exact) mass is 266 g/mol. The van der Waals surface area contributed by atoms with Crippen molar-refractivity contribution >= 4 is 5.97 Å². The van der Waals surface area contributed by atoms with Gasteiger partial charge in [0.25, 0.3) is 0 Å². The van der Waals surface area contributed by atoms with Crippen molar-refractivity contribution in [2.45, 2.75) is 51.7 Å². The number of methoxy groups -OCH3 is 1. The third-order valence-corrected chi connectivity index (χ3v) is 3.70. The summed E-state index contributed by atoms with van der Waals surface area (Å²) in [5.41, 5.74) is 3.85. The Bertz CT molecular complexity index is 420. The summed E-state index contributed by atoms with van der Waals surface area (Å²) in [6, 6.07) is 2.77. The molecule has 1 aromatic rings. The largest absolute Gasteiger partial charge is 0.467 e. The lowest BCUT2D eigenvalue weighted by Gasteiger charge is -2.38. The van der Waals surface area contributed by atoms with Gasteiger partial charge in [0.1, 0.15) is 12.0 Å². The van der Waals surface area contributed by atoms with Crippen LogP contribution in [0, 0.1) is 0 Å². The molecule has 0 radical (unpaired) electrons. The molecule has 0 aliphatic carbocycles. The maximum Gasteiger partial charge on any atom is 0.341 e. The highest BCUT2D eigenvalue weighted by molar-refractivity contribution is 5.88. The van der Waals surface area contributed by atoms with E-state index in [1.807, 2.05) is 0 Å². The van der Waals surface area contributed by atoms with Crippen LogP contribution >= 0.6 is 0 Å². The van der Waals surface area contributed by atoms with Crippen molar-refractivity contribution in [1.29, 1.82) is 0 Å². The van der Waals surface area contributed by atoms with Crippen LogP contribution in [0.1, 0.15) is 49.2 Å². The zero-order valence-corrected chi connectivity index (χ0v) is 11.8. The minimum absolute atomic E-state index is 0.366. The van der Waals surface area contributed by atoms with Gasteiger partial charge in [0.15, 0.2) is 0 Å². The summed E-state index contributed by atoms with van der Waals surface area (Å²) in [6.07, 6.45) is 5.14. The number of carbonyl (C=O) groups is 1. The number of hydrogen-bond donors (Lipinski definition) is 1. The Balaban J connectivity index is 1.91. The van der Waals surface area contributed by atoms with Crippen LogP contribution in [0.15, 0.2) is 16.7 Å². The van der Waals surface area contributed by atoms with E-state index < -0.39 is 0 Å². The standard InChI is InChI=1S/C14H22N2O3/c1-10-5-4-6-11(2)16(10)15-8-13-7-12(9-19-13)14(17)18-3/h7,9-11,15H,4-6,8H2,1-3H3. The molecule has 5 nitrogen and oxygen atoms in total. The number of rotatable bonds is 4. The van der Waals surface area contributed by atoms with Gasteiger partial charge in [-0.05, 0) is 32.8 Å². The SMILES string of the molecule is COC(=O)c1coc(CNN2C(C)CCCC2C)c1. The van der Waals surface area contributed by atoms with Crippen molar-refractivity contribution in [3.05, 3.63) is 23.7 Å². The third kappa shape index (κ3) is 3.36. The van der Waals surface area contributed by atoms with Crippen LogP contribution in [-0.2, 0) is 11.3 Å². The molecule has 1 aromatic heterocycles. The molecule has 1 fully saturated rings. The van der Waals surface area contributed by atoms with Gasteiger partial charge >= 0.3 is 5.97 Å². The molecular weight excluding hydrogens is 244 g/mol. The second-order valence-corrected chi connectivity index (χ2v) is 5.16. The van der Waals surface area contributed by atoms with Crippen molar-refractivity contribution in [1.82, 2.24) is 10.4 Å². The molecule has 106 valence electrons. The number of ether oxygens (including phenoxy) is 1. The fourth-order valence-corrected chi connectivity index (χ4v) is 2.60. The summed E-state index contributed by atoms with van der Waals surface area (Å²) >= 11 is 0. The average Bonchev–Trinajstić information content (AvgIpc) is 2.86. The quantitative estimate of drug-likeness (QED) is 0.848. The number of piperidine rings is 1. The molecule has 1 aliphatic heterocycles. The summed E-state index contributed by atoms with van der Waals surface area (Å²) in [6.45, 7) is 5.04. The minimum Gasteiger partial charge on any atom is -0.467 e. The topological polar surface area (TPSA) is 54.7 Å². The van der Waals surface area contributed by atoms with Gasteiger partial charge < -0.3 is 9.15 Å². The lowest BCUT2D eigenvalue weighted by Crippen LogP contribution is -2.51. The highest BCUT2D eigenvalue weighted by Gasteiger charge is 2.24. The Hall–Kier alpha value is -1.33. The predicted molar refractivity (Wildman–Crippen MR) is 71.5 cm³/mol. The van der Waals surface area contributed by atoms with Gasteiger partial charge in [0.2, 0.25) is 0 Å². The van der Waals surface area contributed by atoms with E-state index in [1.54, 1.807) is 6.07 Å². The van der Waals surface area contributed by atoms with Gasteiger partial charge in [-0.2, -0.15) is 0 Å². The minimum atomic E-state index is -0.366. The van der Waals surface area contributed by atoms with Crippen LogP contribution in [-0.4, -0.2) is 30.2 Å². The molecule has 5 heteroatoms. The van der Waals surface area contributed by atoms with Crippen LogP contribution in [0.5, 0.6) is 0 Å². The normalized spacial score (nSPS) is 24.4. The van der Waals surface area contributed by atoms with Crippen LogP contribution in [0.2, 0.25) is 0 Å². The molecule has 19 heavy (non-hydrogen) atoms. The Labute approximate surface area is 113 Å². The van der Waals surface area contributed by atoms with E-state index in [0.717, 1.165) is 5.76 Å². The number of furan rings is 1. The van der Waals surface area contributed by atoms with Gasteiger partial charge in [-0.25, -0.2) is 15.2 Å². The molecule has 2 rings (SSSR count). The third-order valence-electron chi connectivity index (χ3n) is 3.70. The highest BCUT2D eigenvalue weighted by Crippen LogP contribution is 2.20. The lowest BCUT2D eigenvalue weighted by atomic mass is 10.00. The molecule has 1 aliphatic rings. The lowest BCUT2D eigenvalue weighted by molar-refractivity contribution is 0.0411. The van der Waals surface area contributed by atoms with Crippen molar-refractivity contribution in [3.8, 4) is 0 Å². The maximum atomic E-state index is 11.3. The zero-order chi connectivity index (χ0) is 13.8. The number of nitrogens with zero attached hydrogens (tertiary/aromatic N) is 1. The average molecular weight is 266 g/mol. The van der Waals surface area contributed by atoms with E-state index in [4.69, 9.17) is 4.42 Å². The first-order chi connectivity index (χ1) is 9.11. The van der Waals surface area contributed by atoms with E-state index in [1.165, 1.54) is 32.6 Å². The molecule has 0 spiro atoms.